The number of hydrogen-bond donors (Lipinski definition) is 3. The Morgan fingerprint density at radius 3 is 2.41 bits per heavy atom. The molecule has 6 aliphatic rings. The number of alkyl carbamates (subject to hydrolysis) is 1. The molecule has 2 aromatic rings. The highest BCUT2D eigenvalue weighted by atomic mass is 32.2. The number of aromatic nitrogens is 2. The number of halogens is 2. The van der Waals surface area contributed by atoms with Gasteiger partial charge >= 0.3 is 6.09 Å². The van der Waals surface area contributed by atoms with Gasteiger partial charge in [0.15, 0.2) is 0 Å². The molecule has 0 spiro atoms. The van der Waals surface area contributed by atoms with Crippen molar-refractivity contribution in [2.24, 2.45) is 29.1 Å². The fraction of sp³-hybridized carbons (Fsp3) is 0.700. The number of sulfonamides is 1. The molecule has 3 heterocycles. The second kappa shape index (κ2) is 15.0. The van der Waals surface area contributed by atoms with Crippen LogP contribution in [-0.4, -0.2) is 94.7 Å². The summed E-state index contributed by atoms with van der Waals surface area (Å²) < 4.78 is 69.7. The van der Waals surface area contributed by atoms with Gasteiger partial charge < -0.3 is 25.0 Å². The van der Waals surface area contributed by atoms with Crippen molar-refractivity contribution in [2.45, 2.75) is 139 Å². The Hall–Kier alpha value is -4.35. The van der Waals surface area contributed by atoms with Crippen LogP contribution in [0.25, 0.3) is 10.9 Å². The van der Waals surface area contributed by atoms with Crippen molar-refractivity contribution in [2.75, 3.05) is 6.54 Å². The highest BCUT2D eigenvalue weighted by Crippen LogP contribution is 2.53. The van der Waals surface area contributed by atoms with Gasteiger partial charge in [-0.15, -0.1) is 0 Å². The van der Waals surface area contributed by atoms with Gasteiger partial charge in [0.2, 0.25) is 28.3 Å². The molecule has 1 aromatic heterocycles. The van der Waals surface area contributed by atoms with Crippen LogP contribution in [0.15, 0.2) is 29.1 Å². The maximum Gasteiger partial charge on any atom is 0.408 e. The molecule has 58 heavy (non-hydrogen) atoms. The minimum absolute atomic E-state index is 0.00778. The lowest BCUT2D eigenvalue weighted by Crippen LogP contribution is -2.60. The van der Waals surface area contributed by atoms with Crippen molar-refractivity contribution in [3.05, 3.63) is 34.6 Å². The maximum atomic E-state index is 14.7. The minimum Gasteiger partial charge on any atom is -0.459 e. The number of nitrogens with zero attached hydrogens (tertiary/aromatic N) is 3. The van der Waals surface area contributed by atoms with E-state index in [4.69, 9.17) is 14.5 Å². The molecule has 4 saturated carbocycles. The van der Waals surface area contributed by atoms with E-state index in [9.17, 15) is 41.2 Å². The summed E-state index contributed by atoms with van der Waals surface area (Å²) in [4.78, 5) is 76.0. The van der Waals surface area contributed by atoms with E-state index >= 15 is 0 Å². The summed E-state index contributed by atoms with van der Waals surface area (Å²) >= 11 is 0. The van der Waals surface area contributed by atoms with Crippen LogP contribution in [0.2, 0.25) is 0 Å². The Bertz CT molecular complexity index is 2160. The lowest BCUT2D eigenvalue weighted by atomic mass is 9.71. The molecule has 18 heteroatoms. The summed E-state index contributed by atoms with van der Waals surface area (Å²) in [7, 11) is -4.15. The quantitative estimate of drug-likeness (QED) is 0.387. The van der Waals surface area contributed by atoms with Crippen LogP contribution in [0.1, 0.15) is 91.4 Å². The van der Waals surface area contributed by atoms with Gasteiger partial charge in [-0.2, -0.15) is 4.98 Å². The van der Waals surface area contributed by atoms with Crippen molar-refractivity contribution < 1.29 is 45.9 Å². The van der Waals surface area contributed by atoms with Gasteiger partial charge in [-0.1, -0.05) is 45.7 Å². The van der Waals surface area contributed by atoms with Crippen molar-refractivity contribution >= 4 is 44.7 Å². The van der Waals surface area contributed by atoms with Crippen molar-refractivity contribution in [3.63, 3.8) is 0 Å². The van der Waals surface area contributed by atoms with E-state index in [1.165, 1.54) is 9.47 Å². The molecular formula is C40H52F2N6O9S. The standard InChI is InChI=1S/C40H52F2N6O9S/c1-39(2,3)31-35(51)48-20-22(18-29(48)33(49)45-40(19-27(40)32(41)42)36(52)46-58(54,55)23-13-14-23)56-37-43-28-11-7-6-10-26(28)34(50)47(37)16-8-4-5-9-25-24-15-12-21(24)17-30(25)57-38(53)44-31/h6-7,10-11,21-25,27,29-32H,4-5,8-9,12-20H2,1-3H3,(H,44,53)(H,45,49)(H,46,52). The molecule has 1 saturated heterocycles. The zero-order valence-corrected chi connectivity index (χ0v) is 33.8. The van der Waals surface area contributed by atoms with Gasteiger partial charge in [0, 0.05) is 13.0 Å². The van der Waals surface area contributed by atoms with E-state index in [2.05, 4.69) is 10.6 Å². The van der Waals surface area contributed by atoms with E-state index < -0.39 is 87.0 Å². The number of fused-ring (bicyclic) bond motifs is 7. The van der Waals surface area contributed by atoms with Gasteiger partial charge in [-0.3, -0.25) is 28.5 Å². The van der Waals surface area contributed by atoms with Gasteiger partial charge in [-0.05, 0) is 86.7 Å². The first-order valence-electron chi connectivity index (χ1n) is 20.6. The Morgan fingerprint density at radius 1 is 0.983 bits per heavy atom. The van der Waals surface area contributed by atoms with Crippen LogP contribution in [0.4, 0.5) is 13.6 Å². The number of nitrogens with one attached hydrogen (secondary N) is 3. The van der Waals surface area contributed by atoms with Gasteiger partial charge in [0.25, 0.3) is 17.5 Å². The molecule has 2 bridgehead atoms. The topological polar surface area (TPSA) is 195 Å². The Labute approximate surface area is 335 Å². The average Bonchev–Trinajstić information content (AvgIpc) is 4.07. The first-order valence-corrected chi connectivity index (χ1v) is 22.1. The number of ether oxygens (including phenoxy) is 2. The molecule has 0 radical (unpaired) electrons. The minimum atomic E-state index is -4.15. The lowest BCUT2D eigenvalue weighted by Gasteiger charge is -2.36. The fourth-order valence-electron chi connectivity index (χ4n) is 9.66. The van der Waals surface area contributed by atoms with Crippen LogP contribution < -0.4 is 25.7 Å². The zero-order chi connectivity index (χ0) is 41.3. The number of carbonyl (C=O) groups excluding carboxylic acids is 4. The molecule has 8 rings (SSSR count). The molecule has 15 nitrogen and oxygen atoms in total. The largest absolute Gasteiger partial charge is 0.459 e. The van der Waals surface area contributed by atoms with Crippen LogP contribution in [0, 0.1) is 29.1 Å². The van der Waals surface area contributed by atoms with E-state index in [1.54, 1.807) is 45.0 Å². The van der Waals surface area contributed by atoms with Crippen molar-refractivity contribution in [1.29, 1.82) is 0 Å². The van der Waals surface area contributed by atoms with Gasteiger partial charge in [0.1, 0.15) is 29.8 Å². The Balaban J connectivity index is 1.14. The molecule has 9 unspecified atom stereocenters. The van der Waals surface area contributed by atoms with Crippen molar-refractivity contribution in [1.82, 2.24) is 29.8 Å². The van der Waals surface area contributed by atoms with Crippen LogP contribution in [-0.2, 0) is 35.7 Å². The second-order valence-electron chi connectivity index (χ2n) is 18.3. The first kappa shape index (κ1) is 40.4. The van der Waals surface area contributed by atoms with Crippen LogP contribution >= 0.6 is 0 Å². The van der Waals surface area contributed by atoms with Gasteiger partial charge in [0.05, 0.1) is 28.6 Å². The molecule has 4 amide bonds. The van der Waals surface area contributed by atoms with Crippen LogP contribution in [0.3, 0.4) is 0 Å². The van der Waals surface area contributed by atoms with E-state index in [0.717, 1.165) is 38.5 Å². The molecule has 316 valence electrons. The van der Waals surface area contributed by atoms with E-state index in [1.807, 2.05) is 4.72 Å². The predicted octanol–water partition coefficient (Wildman–Crippen LogP) is 3.62. The molecule has 9 atom stereocenters. The number of rotatable bonds is 6. The fourth-order valence-corrected chi connectivity index (χ4v) is 11.0. The lowest BCUT2D eigenvalue weighted by molar-refractivity contribution is -0.143. The third-order valence-corrected chi connectivity index (χ3v) is 15.1. The van der Waals surface area contributed by atoms with E-state index in [0.29, 0.717) is 42.0 Å². The molecule has 2 aliphatic heterocycles. The number of amides is 4. The smallest absolute Gasteiger partial charge is 0.408 e. The molecule has 1 aromatic carbocycles. The normalized spacial score (nSPS) is 33.0. The molecule has 3 N–H and O–H groups in total. The van der Waals surface area contributed by atoms with Crippen molar-refractivity contribution in [3.8, 4) is 6.01 Å². The Kier molecular flexibility index (Phi) is 10.5. The zero-order valence-electron chi connectivity index (χ0n) is 33.0. The molecular weight excluding hydrogens is 779 g/mol. The summed E-state index contributed by atoms with van der Waals surface area (Å²) in [6.45, 7) is 5.29. The number of carbonyl (C=O) groups is 4. The van der Waals surface area contributed by atoms with Crippen LogP contribution in [0.5, 0.6) is 6.01 Å². The number of para-hydroxylation sites is 1. The number of alkyl halides is 2. The third kappa shape index (κ3) is 7.65. The summed E-state index contributed by atoms with van der Waals surface area (Å²) in [5.74, 6) is -3.51. The highest BCUT2D eigenvalue weighted by molar-refractivity contribution is 7.91. The summed E-state index contributed by atoms with van der Waals surface area (Å²) in [6.07, 6.45) is 0.821. The van der Waals surface area contributed by atoms with Gasteiger partial charge in [-0.25, -0.2) is 22.0 Å². The number of hydrogen-bond acceptors (Lipinski definition) is 10. The second-order valence-corrected chi connectivity index (χ2v) is 20.2. The first-order chi connectivity index (χ1) is 27.5. The summed E-state index contributed by atoms with van der Waals surface area (Å²) in [5.41, 5.74) is -3.08. The summed E-state index contributed by atoms with van der Waals surface area (Å²) in [6, 6.07) is 4.20. The SMILES string of the molecule is CC(C)(C)C1NC(=O)OC2CC3CCC3C2CCCCCn2c(nc3ccccc3c2=O)OC2CC(C(=O)NC3(C(=O)NS(=O)(=O)C4CC4)CC3C(F)F)N(C2)C1=O. The molecule has 5 fully saturated rings. The summed E-state index contributed by atoms with van der Waals surface area (Å²) in [5, 5.41) is 4.79. The maximum absolute atomic E-state index is 14.7. The monoisotopic (exact) mass is 830 g/mol. The average molecular weight is 831 g/mol. The predicted molar refractivity (Wildman–Crippen MR) is 205 cm³/mol. The molecule has 4 aliphatic carbocycles. The number of benzene rings is 1. The highest BCUT2D eigenvalue weighted by Gasteiger charge is 2.67. The Morgan fingerprint density at radius 2 is 1.74 bits per heavy atom. The third-order valence-electron chi connectivity index (χ3n) is 13.3. The van der Waals surface area contributed by atoms with E-state index in [-0.39, 0.29) is 43.1 Å².